The number of benzene rings is 1. The molecule has 22 heavy (non-hydrogen) atoms. The molecular weight excluding hydrogens is 379 g/mol. The van der Waals surface area contributed by atoms with Crippen LogP contribution >= 0.6 is 28.1 Å². The lowest BCUT2D eigenvalue weighted by Crippen LogP contribution is -2.30. The molecule has 0 fully saturated rings. The number of rotatable bonds is 4. The lowest BCUT2D eigenvalue weighted by atomic mass is 10.1. The Hall–Kier alpha value is -1.67. The molecule has 0 amide bonds. The summed E-state index contributed by atoms with van der Waals surface area (Å²) in [6.45, 7) is 0.262. The van der Waals surface area contributed by atoms with Crippen LogP contribution in [0.1, 0.15) is 5.56 Å². The van der Waals surface area contributed by atoms with Gasteiger partial charge in [0, 0.05) is 12.7 Å². The second-order valence-electron chi connectivity index (χ2n) is 4.30. The van der Waals surface area contributed by atoms with Crippen LogP contribution in [0.5, 0.6) is 0 Å². The number of aromatic nitrogens is 1. The summed E-state index contributed by atoms with van der Waals surface area (Å²) in [5.74, 6) is -3.30. The van der Waals surface area contributed by atoms with E-state index in [1.165, 1.54) is 6.07 Å². The predicted molar refractivity (Wildman–Crippen MR) is 86.2 cm³/mol. The van der Waals surface area contributed by atoms with E-state index in [-0.39, 0.29) is 18.5 Å². The predicted octanol–water partition coefficient (Wildman–Crippen LogP) is 3.79. The fourth-order valence-corrected chi connectivity index (χ4v) is 2.25. The van der Waals surface area contributed by atoms with E-state index in [0.29, 0.717) is 10.9 Å². The smallest absolute Gasteiger partial charge is 0.194 e. The SMILES string of the molecule is Fc1ccc(CCNC(=S)Nc2ncccc2Br)c(F)c1F. The van der Waals surface area contributed by atoms with Gasteiger partial charge in [-0.2, -0.15) is 0 Å². The highest BCUT2D eigenvalue weighted by molar-refractivity contribution is 9.10. The van der Waals surface area contributed by atoms with Gasteiger partial charge in [0.2, 0.25) is 0 Å². The summed E-state index contributed by atoms with van der Waals surface area (Å²) in [6.07, 6.45) is 1.76. The molecule has 2 aromatic rings. The maximum Gasteiger partial charge on any atom is 0.194 e. The molecular formula is C14H11BrF3N3S. The van der Waals surface area contributed by atoms with Crippen LogP contribution < -0.4 is 10.6 Å². The molecule has 3 nitrogen and oxygen atoms in total. The van der Waals surface area contributed by atoms with Gasteiger partial charge in [-0.1, -0.05) is 6.07 Å². The first-order chi connectivity index (χ1) is 10.5. The van der Waals surface area contributed by atoms with E-state index in [4.69, 9.17) is 12.2 Å². The van der Waals surface area contributed by atoms with Gasteiger partial charge in [-0.05, 0) is 58.3 Å². The second kappa shape index (κ2) is 7.55. The molecule has 0 aliphatic carbocycles. The van der Waals surface area contributed by atoms with Crippen molar-refractivity contribution in [3.63, 3.8) is 0 Å². The Balaban J connectivity index is 1.88. The minimum Gasteiger partial charge on any atom is -0.362 e. The van der Waals surface area contributed by atoms with E-state index in [2.05, 4.69) is 31.5 Å². The summed E-state index contributed by atoms with van der Waals surface area (Å²) in [5, 5.41) is 6.00. The number of hydrogen-bond acceptors (Lipinski definition) is 2. The molecule has 2 N–H and O–H groups in total. The number of halogens is 4. The summed E-state index contributed by atoms with van der Waals surface area (Å²) in [4.78, 5) is 4.08. The zero-order valence-electron chi connectivity index (χ0n) is 11.2. The first-order valence-electron chi connectivity index (χ1n) is 6.26. The molecule has 0 spiro atoms. The topological polar surface area (TPSA) is 37.0 Å². The summed E-state index contributed by atoms with van der Waals surface area (Å²) < 4.78 is 40.1. The number of hydrogen-bond donors (Lipinski definition) is 2. The monoisotopic (exact) mass is 389 g/mol. The highest BCUT2D eigenvalue weighted by Crippen LogP contribution is 2.18. The molecule has 0 saturated carbocycles. The van der Waals surface area contributed by atoms with Crippen molar-refractivity contribution >= 4 is 39.1 Å². The third-order valence-corrected chi connectivity index (χ3v) is 3.67. The number of anilines is 1. The molecule has 116 valence electrons. The van der Waals surface area contributed by atoms with Crippen LogP contribution in [0.15, 0.2) is 34.9 Å². The van der Waals surface area contributed by atoms with Gasteiger partial charge in [-0.3, -0.25) is 0 Å². The van der Waals surface area contributed by atoms with Crippen LogP contribution in [0, 0.1) is 17.5 Å². The van der Waals surface area contributed by atoms with Gasteiger partial charge < -0.3 is 10.6 Å². The highest BCUT2D eigenvalue weighted by Gasteiger charge is 2.13. The van der Waals surface area contributed by atoms with Crippen molar-refractivity contribution in [2.45, 2.75) is 6.42 Å². The largest absolute Gasteiger partial charge is 0.362 e. The molecule has 0 bridgehead atoms. The molecule has 0 radical (unpaired) electrons. The third-order valence-electron chi connectivity index (χ3n) is 2.79. The minimum atomic E-state index is -1.46. The lowest BCUT2D eigenvalue weighted by Gasteiger charge is -2.11. The average molecular weight is 390 g/mol. The van der Waals surface area contributed by atoms with Gasteiger partial charge >= 0.3 is 0 Å². The van der Waals surface area contributed by atoms with Crippen molar-refractivity contribution in [2.24, 2.45) is 0 Å². The zero-order chi connectivity index (χ0) is 16.1. The van der Waals surface area contributed by atoms with Gasteiger partial charge in [0.15, 0.2) is 22.6 Å². The lowest BCUT2D eigenvalue weighted by molar-refractivity contribution is 0.441. The Morgan fingerprint density at radius 2 is 1.95 bits per heavy atom. The molecule has 0 aliphatic rings. The molecule has 0 aliphatic heterocycles. The van der Waals surface area contributed by atoms with Gasteiger partial charge in [-0.15, -0.1) is 0 Å². The van der Waals surface area contributed by atoms with Crippen LogP contribution in [0.4, 0.5) is 19.0 Å². The third kappa shape index (κ3) is 4.17. The van der Waals surface area contributed by atoms with Crippen molar-refractivity contribution in [1.29, 1.82) is 0 Å². The summed E-state index contributed by atoms with van der Waals surface area (Å²) in [5.41, 5.74) is 0.0771. The molecule has 1 aromatic heterocycles. The van der Waals surface area contributed by atoms with E-state index in [9.17, 15) is 13.2 Å². The highest BCUT2D eigenvalue weighted by atomic mass is 79.9. The second-order valence-corrected chi connectivity index (χ2v) is 5.56. The van der Waals surface area contributed by atoms with Crippen LogP contribution in [0.25, 0.3) is 0 Å². The first kappa shape index (κ1) is 16.7. The van der Waals surface area contributed by atoms with Crippen molar-refractivity contribution in [1.82, 2.24) is 10.3 Å². The van der Waals surface area contributed by atoms with Gasteiger partial charge in [0.05, 0.1) is 4.47 Å². The van der Waals surface area contributed by atoms with E-state index in [1.807, 2.05) is 0 Å². The van der Waals surface area contributed by atoms with Crippen LogP contribution in [0.3, 0.4) is 0 Å². The standard InChI is InChI=1S/C14H11BrF3N3S/c15-9-2-1-6-19-13(9)21-14(22)20-7-5-8-3-4-10(16)12(18)11(8)17/h1-4,6H,5,7H2,(H2,19,20,21,22). The zero-order valence-corrected chi connectivity index (χ0v) is 13.6. The first-order valence-corrected chi connectivity index (χ1v) is 7.47. The fourth-order valence-electron chi connectivity index (χ4n) is 1.70. The normalized spacial score (nSPS) is 10.4. The fraction of sp³-hybridized carbons (Fsp3) is 0.143. The van der Waals surface area contributed by atoms with Gasteiger partial charge in [0.1, 0.15) is 5.82 Å². The van der Waals surface area contributed by atoms with Gasteiger partial charge in [0.25, 0.3) is 0 Å². The van der Waals surface area contributed by atoms with Gasteiger partial charge in [-0.25, -0.2) is 18.2 Å². The average Bonchev–Trinajstić information content (AvgIpc) is 2.50. The Bertz CT molecular complexity index is 697. The maximum absolute atomic E-state index is 13.5. The van der Waals surface area contributed by atoms with Crippen molar-refractivity contribution in [2.75, 3.05) is 11.9 Å². The maximum atomic E-state index is 13.5. The van der Waals surface area contributed by atoms with E-state index < -0.39 is 17.5 Å². The van der Waals surface area contributed by atoms with E-state index in [1.54, 1.807) is 18.3 Å². The van der Waals surface area contributed by atoms with Crippen molar-refractivity contribution in [3.05, 3.63) is 58.0 Å². The number of pyridine rings is 1. The molecule has 1 heterocycles. The molecule has 2 rings (SSSR count). The molecule has 1 aromatic carbocycles. The molecule has 0 saturated heterocycles. The summed E-state index contributed by atoms with van der Waals surface area (Å²) in [7, 11) is 0. The Morgan fingerprint density at radius 1 is 1.18 bits per heavy atom. The van der Waals surface area contributed by atoms with Crippen LogP contribution in [0.2, 0.25) is 0 Å². The van der Waals surface area contributed by atoms with E-state index in [0.717, 1.165) is 10.5 Å². The van der Waals surface area contributed by atoms with Crippen molar-refractivity contribution in [3.8, 4) is 0 Å². The minimum absolute atomic E-state index is 0.0771. The number of nitrogens with one attached hydrogen (secondary N) is 2. The Kier molecular flexibility index (Phi) is 5.73. The van der Waals surface area contributed by atoms with Crippen LogP contribution in [-0.2, 0) is 6.42 Å². The quantitative estimate of drug-likeness (QED) is 0.616. The Morgan fingerprint density at radius 3 is 2.68 bits per heavy atom. The summed E-state index contributed by atoms with van der Waals surface area (Å²) in [6, 6.07) is 5.67. The summed E-state index contributed by atoms with van der Waals surface area (Å²) >= 11 is 8.39. The number of thiocarbonyl (C=S) groups is 1. The number of nitrogens with zero attached hydrogens (tertiary/aromatic N) is 1. The van der Waals surface area contributed by atoms with Crippen molar-refractivity contribution < 1.29 is 13.2 Å². The van der Waals surface area contributed by atoms with Crippen LogP contribution in [-0.4, -0.2) is 16.6 Å². The Labute approximate surface area is 139 Å². The molecule has 0 unspecified atom stereocenters. The molecule has 0 atom stereocenters. The van der Waals surface area contributed by atoms with E-state index >= 15 is 0 Å². The molecule has 8 heteroatoms.